The number of nitrogens with zero attached hydrogens (tertiary/aromatic N) is 2. The number of aromatic nitrogens is 1. The molecule has 2 aromatic rings. The SMILES string of the molecule is O=C(N/N=C\c1ccccn1)C(=O)Nc1ccccc1Cl. The summed E-state index contributed by atoms with van der Waals surface area (Å²) in [6.45, 7) is 0. The molecule has 0 radical (unpaired) electrons. The molecule has 2 amide bonds. The van der Waals surface area contributed by atoms with Crippen molar-refractivity contribution in [3.63, 3.8) is 0 Å². The summed E-state index contributed by atoms with van der Waals surface area (Å²) in [7, 11) is 0. The minimum Gasteiger partial charge on any atom is -0.316 e. The van der Waals surface area contributed by atoms with E-state index in [0.29, 0.717) is 16.4 Å². The van der Waals surface area contributed by atoms with Gasteiger partial charge >= 0.3 is 11.8 Å². The van der Waals surface area contributed by atoms with E-state index in [4.69, 9.17) is 11.6 Å². The molecule has 1 aromatic heterocycles. The minimum absolute atomic E-state index is 0.343. The topological polar surface area (TPSA) is 83.5 Å². The molecule has 6 nitrogen and oxygen atoms in total. The van der Waals surface area contributed by atoms with Crippen LogP contribution in [0.3, 0.4) is 0 Å². The first-order chi connectivity index (χ1) is 10.2. The van der Waals surface area contributed by atoms with Gasteiger partial charge in [0.1, 0.15) is 0 Å². The van der Waals surface area contributed by atoms with E-state index >= 15 is 0 Å². The smallest absolute Gasteiger partial charge is 0.316 e. The van der Waals surface area contributed by atoms with E-state index in [-0.39, 0.29) is 0 Å². The Morgan fingerprint density at radius 3 is 2.57 bits per heavy atom. The monoisotopic (exact) mass is 302 g/mol. The normalized spacial score (nSPS) is 10.3. The van der Waals surface area contributed by atoms with Crippen LogP contribution in [0.2, 0.25) is 5.02 Å². The number of hydrazone groups is 1. The lowest BCUT2D eigenvalue weighted by molar-refractivity contribution is -0.136. The molecule has 2 rings (SSSR count). The van der Waals surface area contributed by atoms with Crippen molar-refractivity contribution in [2.75, 3.05) is 5.32 Å². The first-order valence-corrected chi connectivity index (χ1v) is 6.34. The molecule has 21 heavy (non-hydrogen) atoms. The Labute approximate surface area is 125 Å². The van der Waals surface area contributed by atoms with Gasteiger partial charge in [0.05, 0.1) is 22.6 Å². The van der Waals surface area contributed by atoms with Crippen LogP contribution in [-0.2, 0) is 9.59 Å². The van der Waals surface area contributed by atoms with Gasteiger partial charge in [0.2, 0.25) is 0 Å². The van der Waals surface area contributed by atoms with Crippen LogP contribution in [-0.4, -0.2) is 23.0 Å². The lowest BCUT2D eigenvalue weighted by atomic mass is 10.3. The number of rotatable bonds is 3. The van der Waals surface area contributed by atoms with E-state index < -0.39 is 11.8 Å². The van der Waals surface area contributed by atoms with Crippen LogP contribution in [0.4, 0.5) is 5.69 Å². The Kier molecular flexibility index (Phi) is 5.00. The van der Waals surface area contributed by atoms with E-state index in [2.05, 4.69) is 20.8 Å². The quantitative estimate of drug-likeness (QED) is 0.515. The van der Waals surface area contributed by atoms with Crippen molar-refractivity contribution in [1.82, 2.24) is 10.4 Å². The molecular formula is C14H11ClN4O2. The third-order valence-electron chi connectivity index (χ3n) is 2.38. The largest absolute Gasteiger partial charge is 0.329 e. The molecule has 1 heterocycles. The van der Waals surface area contributed by atoms with E-state index in [1.807, 2.05) is 0 Å². The molecule has 7 heteroatoms. The molecule has 0 bridgehead atoms. The maximum absolute atomic E-state index is 11.6. The molecular weight excluding hydrogens is 292 g/mol. The van der Waals surface area contributed by atoms with Gasteiger partial charge < -0.3 is 5.32 Å². The second-order valence-corrected chi connectivity index (χ2v) is 4.29. The molecule has 0 saturated carbocycles. The summed E-state index contributed by atoms with van der Waals surface area (Å²) in [5.41, 5.74) is 3.02. The summed E-state index contributed by atoms with van der Waals surface area (Å²) in [5.74, 6) is -1.76. The lowest BCUT2D eigenvalue weighted by Crippen LogP contribution is -2.32. The van der Waals surface area contributed by atoms with Gasteiger partial charge in [0, 0.05) is 6.20 Å². The molecule has 0 aliphatic carbocycles. The van der Waals surface area contributed by atoms with Crippen molar-refractivity contribution in [1.29, 1.82) is 0 Å². The molecule has 0 aliphatic rings. The zero-order chi connectivity index (χ0) is 15.1. The highest BCUT2D eigenvalue weighted by Crippen LogP contribution is 2.19. The zero-order valence-electron chi connectivity index (χ0n) is 10.8. The van der Waals surface area contributed by atoms with E-state index in [1.165, 1.54) is 6.21 Å². The molecule has 0 aliphatic heterocycles. The Bertz CT molecular complexity index is 674. The Morgan fingerprint density at radius 1 is 1.10 bits per heavy atom. The molecule has 2 N–H and O–H groups in total. The number of pyridine rings is 1. The van der Waals surface area contributed by atoms with Gasteiger partial charge in [-0.2, -0.15) is 5.10 Å². The summed E-state index contributed by atoms with van der Waals surface area (Å²) in [6, 6.07) is 11.8. The summed E-state index contributed by atoms with van der Waals surface area (Å²) in [5, 5.41) is 6.38. The highest BCUT2D eigenvalue weighted by Gasteiger charge is 2.13. The maximum atomic E-state index is 11.6. The van der Waals surface area contributed by atoms with Crippen molar-refractivity contribution in [3.8, 4) is 0 Å². The van der Waals surface area contributed by atoms with Crippen molar-refractivity contribution < 1.29 is 9.59 Å². The molecule has 0 atom stereocenters. The third-order valence-corrected chi connectivity index (χ3v) is 2.71. The highest BCUT2D eigenvalue weighted by molar-refractivity contribution is 6.41. The number of carbonyl (C=O) groups excluding carboxylic acids is 2. The molecule has 0 fully saturated rings. The van der Waals surface area contributed by atoms with E-state index in [1.54, 1.807) is 48.7 Å². The Hall–Kier alpha value is -2.73. The average Bonchev–Trinajstić information content (AvgIpc) is 2.50. The number of benzene rings is 1. The van der Waals surface area contributed by atoms with Crippen molar-refractivity contribution in [2.45, 2.75) is 0 Å². The summed E-state index contributed by atoms with van der Waals surface area (Å²) >= 11 is 5.87. The van der Waals surface area contributed by atoms with Crippen LogP contribution < -0.4 is 10.7 Å². The van der Waals surface area contributed by atoms with Gasteiger partial charge in [-0.3, -0.25) is 14.6 Å². The number of halogens is 1. The lowest BCUT2D eigenvalue weighted by Gasteiger charge is -2.05. The first-order valence-electron chi connectivity index (χ1n) is 5.97. The van der Waals surface area contributed by atoms with Crippen LogP contribution in [0.5, 0.6) is 0 Å². The average molecular weight is 303 g/mol. The van der Waals surface area contributed by atoms with Gasteiger partial charge in [-0.1, -0.05) is 29.8 Å². The Balaban J connectivity index is 1.90. The van der Waals surface area contributed by atoms with Crippen molar-refractivity contribution in [3.05, 3.63) is 59.4 Å². The van der Waals surface area contributed by atoms with Crippen LogP contribution in [0.1, 0.15) is 5.69 Å². The number of nitrogens with one attached hydrogen (secondary N) is 2. The predicted molar refractivity (Wildman–Crippen MR) is 80.1 cm³/mol. The fourth-order valence-corrected chi connectivity index (χ4v) is 1.58. The van der Waals surface area contributed by atoms with Crippen LogP contribution in [0.25, 0.3) is 0 Å². The number of hydrogen-bond acceptors (Lipinski definition) is 4. The van der Waals surface area contributed by atoms with Gasteiger partial charge in [-0.15, -0.1) is 0 Å². The molecule has 106 valence electrons. The number of anilines is 1. The van der Waals surface area contributed by atoms with Gasteiger partial charge in [-0.05, 0) is 24.3 Å². The fourth-order valence-electron chi connectivity index (χ4n) is 1.40. The highest BCUT2D eigenvalue weighted by atomic mass is 35.5. The van der Waals surface area contributed by atoms with E-state index in [9.17, 15) is 9.59 Å². The van der Waals surface area contributed by atoms with Gasteiger partial charge in [-0.25, -0.2) is 5.43 Å². The number of hydrogen-bond donors (Lipinski definition) is 2. The van der Waals surface area contributed by atoms with E-state index in [0.717, 1.165) is 0 Å². The van der Waals surface area contributed by atoms with Gasteiger partial charge in [0.25, 0.3) is 0 Å². The number of amides is 2. The van der Waals surface area contributed by atoms with Crippen molar-refractivity contribution >= 4 is 35.3 Å². The second kappa shape index (κ2) is 7.16. The first kappa shape index (κ1) is 14.7. The molecule has 0 spiro atoms. The van der Waals surface area contributed by atoms with Crippen LogP contribution in [0, 0.1) is 0 Å². The molecule has 0 unspecified atom stereocenters. The number of carbonyl (C=O) groups is 2. The van der Waals surface area contributed by atoms with Crippen LogP contribution in [0.15, 0.2) is 53.8 Å². The summed E-state index contributed by atoms with van der Waals surface area (Å²) in [6.07, 6.45) is 2.92. The fraction of sp³-hybridized carbons (Fsp3) is 0. The Morgan fingerprint density at radius 2 is 1.86 bits per heavy atom. The standard InChI is InChI=1S/C14H11ClN4O2/c15-11-6-1-2-7-12(11)18-13(20)14(21)19-17-9-10-5-3-4-8-16-10/h1-9H,(H,18,20)(H,19,21)/b17-9-. The predicted octanol–water partition coefficient (Wildman–Crippen LogP) is 1.82. The minimum atomic E-state index is -0.901. The molecule has 0 saturated heterocycles. The number of para-hydroxylation sites is 1. The third kappa shape index (κ3) is 4.39. The molecule has 1 aromatic carbocycles. The summed E-state index contributed by atoms with van der Waals surface area (Å²) in [4.78, 5) is 27.2. The van der Waals surface area contributed by atoms with Crippen LogP contribution >= 0.6 is 11.6 Å². The van der Waals surface area contributed by atoms with Gasteiger partial charge in [0.15, 0.2) is 0 Å². The second-order valence-electron chi connectivity index (χ2n) is 3.89. The summed E-state index contributed by atoms with van der Waals surface area (Å²) < 4.78 is 0. The zero-order valence-corrected chi connectivity index (χ0v) is 11.5. The maximum Gasteiger partial charge on any atom is 0.329 e. The van der Waals surface area contributed by atoms with Crippen molar-refractivity contribution in [2.24, 2.45) is 5.10 Å².